The lowest BCUT2D eigenvalue weighted by Gasteiger charge is -2.06. The molecule has 0 saturated heterocycles. The number of aromatic nitrogens is 2. The average Bonchev–Trinajstić information content (AvgIpc) is 2.74. The lowest BCUT2D eigenvalue weighted by Crippen LogP contribution is -2.02. The number of benzene rings is 1. The maximum atomic E-state index is 13.6. The number of ether oxygens (including phenoxy) is 1. The Morgan fingerprint density at radius 2 is 2.26 bits per heavy atom. The predicted octanol–water partition coefficient (Wildman–Crippen LogP) is 1.81. The largest absolute Gasteiger partial charge is 0.504 e. The quantitative estimate of drug-likeness (QED) is 0.881. The molecule has 0 saturated carbocycles. The van der Waals surface area contributed by atoms with Crippen LogP contribution in [0.5, 0.6) is 11.5 Å². The van der Waals surface area contributed by atoms with Gasteiger partial charge in [-0.15, -0.1) is 0 Å². The van der Waals surface area contributed by atoms with Crippen LogP contribution >= 0.6 is 0 Å². The maximum Gasteiger partial charge on any atom is 0.360 e. The van der Waals surface area contributed by atoms with E-state index in [1.807, 2.05) is 0 Å². The van der Waals surface area contributed by atoms with Crippen LogP contribution in [-0.4, -0.2) is 32.6 Å². The van der Waals surface area contributed by atoms with Crippen molar-refractivity contribution in [1.29, 1.82) is 0 Å². The van der Waals surface area contributed by atoms with Crippen LogP contribution in [0.15, 0.2) is 24.4 Å². The van der Waals surface area contributed by atoms with Gasteiger partial charge in [0.15, 0.2) is 17.3 Å². The van der Waals surface area contributed by atoms with E-state index >= 15 is 0 Å². The molecule has 0 atom stereocenters. The van der Waals surface area contributed by atoms with E-state index < -0.39 is 23.2 Å². The van der Waals surface area contributed by atoms with Gasteiger partial charge in [0.1, 0.15) is 0 Å². The van der Waals surface area contributed by atoms with Crippen molar-refractivity contribution < 1.29 is 24.1 Å². The summed E-state index contributed by atoms with van der Waals surface area (Å²) >= 11 is 0. The van der Waals surface area contributed by atoms with Gasteiger partial charge in [0.2, 0.25) is 5.69 Å². The van der Waals surface area contributed by atoms with Crippen molar-refractivity contribution >= 4 is 5.97 Å². The molecule has 7 heteroatoms. The zero-order chi connectivity index (χ0) is 14.0. The van der Waals surface area contributed by atoms with Gasteiger partial charge in [-0.1, -0.05) is 0 Å². The number of nitrogens with zero attached hydrogens (tertiary/aromatic N) is 2. The molecule has 0 aliphatic carbocycles. The highest BCUT2D eigenvalue weighted by Crippen LogP contribution is 2.23. The summed E-state index contributed by atoms with van der Waals surface area (Å²) in [4.78, 5) is 10.7. The lowest BCUT2D eigenvalue weighted by atomic mass is 10.3. The van der Waals surface area contributed by atoms with Crippen molar-refractivity contribution in [3.63, 3.8) is 0 Å². The second-order valence-corrected chi connectivity index (χ2v) is 3.66. The molecule has 0 bridgehead atoms. The van der Waals surface area contributed by atoms with Crippen molar-refractivity contribution in [3.05, 3.63) is 35.9 Å². The van der Waals surface area contributed by atoms with Crippen LogP contribution in [0.4, 0.5) is 4.39 Å². The third kappa shape index (κ3) is 2.49. The van der Waals surface area contributed by atoms with Crippen LogP contribution in [-0.2, 0) is 0 Å². The van der Waals surface area contributed by atoms with Crippen molar-refractivity contribution in [2.24, 2.45) is 0 Å². The summed E-state index contributed by atoms with van der Waals surface area (Å²) in [6, 6.07) is 4.06. The second-order valence-electron chi connectivity index (χ2n) is 3.66. The monoisotopic (exact) mass is 266 g/mol. The van der Waals surface area contributed by atoms with Gasteiger partial charge >= 0.3 is 5.97 Å². The average molecular weight is 266 g/mol. The van der Waals surface area contributed by atoms with Crippen molar-refractivity contribution in [2.75, 3.05) is 6.61 Å². The normalized spacial score (nSPS) is 10.4. The summed E-state index contributed by atoms with van der Waals surface area (Å²) in [5.74, 6) is -2.34. The maximum absolute atomic E-state index is 13.6. The Balaban J connectivity index is 2.39. The summed E-state index contributed by atoms with van der Waals surface area (Å²) in [5.41, 5.74) is -0.210. The van der Waals surface area contributed by atoms with E-state index in [9.17, 15) is 14.3 Å². The van der Waals surface area contributed by atoms with Gasteiger partial charge in [0.05, 0.1) is 18.5 Å². The summed E-state index contributed by atoms with van der Waals surface area (Å²) < 4.78 is 19.8. The van der Waals surface area contributed by atoms with Gasteiger partial charge in [-0.05, 0) is 19.1 Å². The number of carboxylic acids is 1. The summed E-state index contributed by atoms with van der Waals surface area (Å²) in [6.45, 7) is 2.07. The molecular formula is C12H11FN2O4. The van der Waals surface area contributed by atoms with Crippen LogP contribution in [0, 0.1) is 5.82 Å². The number of hydrogen-bond donors (Lipinski definition) is 2. The van der Waals surface area contributed by atoms with Crippen LogP contribution in [0.2, 0.25) is 0 Å². The Hall–Kier alpha value is -2.57. The standard InChI is InChI=1S/C12H11FN2O4/c1-2-19-10-4-3-7(5-8(10)13)15-6-9(16)11(14-15)12(17)18/h3-6,16H,2H2,1H3,(H,17,18). The molecule has 1 heterocycles. The number of hydrogen-bond acceptors (Lipinski definition) is 4. The van der Waals surface area contributed by atoms with Crippen molar-refractivity contribution in [3.8, 4) is 17.2 Å². The Labute approximate surface area is 107 Å². The minimum absolute atomic E-state index is 0.0982. The first-order valence-electron chi connectivity index (χ1n) is 5.47. The molecule has 0 spiro atoms. The first kappa shape index (κ1) is 12.9. The molecule has 1 aromatic heterocycles. The number of halogens is 1. The number of carboxylic acid groups (broad SMARTS) is 1. The van der Waals surface area contributed by atoms with E-state index in [4.69, 9.17) is 9.84 Å². The lowest BCUT2D eigenvalue weighted by molar-refractivity contribution is 0.0687. The smallest absolute Gasteiger partial charge is 0.360 e. The second kappa shape index (κ2) is 4.97. The van der Waals surface area contributed by atoms with Gasteiger partial charge in [-0.2, -0.15) is 5.10 Å². The molecule has 0 amide bonds. The zero-order valence-corrected chi connectivity index (χ0v) is 10.00. The third-order valence-electron chi connectivity index (χ3n) is 2.38. The van der Waals surface area contributed by atoms with Gasteiger partial charge in [0, 0.05) is 6.07 Å². The highest BCUT2D eigenvalue weighted by molar-refractivity contribution is 5.88. The predicted molar refractivity (Wildman–Crippen MR) is 63.3 cm³/mol. The molecule has 6 nitrogen and oxygen atoms in total. The fraction of sp³-hybridized carbons (Fsp3) is 0.167. The molecule has 2 rings (SSSR count). The Morgan fingerprint density at radius 3 is 2.79 bits per heavy atom. The highest BCUT2D eigenvalue weighted by atomic mass is 19.1. The molecule has 2 aromatic rings. The van der Waals surface area contributed by atoms with Crippen LogP contribution in [0.25, 0.3) is 5.69 Å². The van der Waals surface area contributed by atoms with Crippen molar-refractivity contribution in [2.45, 2.75) is 6.92 Å². The number of aromatic carboxylic acids is 1. The molecule has 0 aliphatic rings. The summed E-state index contributed by atoms with van der Waals surface area (Å²) in [5, 5.41) is 21.8. The third-order valence-corrected chi connectivity index (χ3v) is 2.38. The molecule has 100 valence electrons. The van der Waals surface area contributed by atoms with E-state index in [0.717, 1.165) is 16.9 Å². The van der Waals surface area contributed by atoms with Crippen molar-refractivity contribution in [1.82, 2.24) is 9.78 Å². The summed E-state index contributed by atoms with van der Waals surface area (Å²) in [7, 11) is 0. The fourth-order valence-corrected chi connectivity index (χ4v) is 1.55. The number of aromatic hydroxyl groups is 1. The van der Waals surface area contributed by atoms with Gasteiger partial charge in [-0.3, -0.25) is 0 Å². The first-order valence-corrected chi connectivity index (χ1v) is 5.47. The zero-order valence-electron chi connectivity index (χ0n) is 10.00. The fourth-order valence-electron chi connectivity index (χ4n) is 1.55. The van der Waals surface area contributed by atoms with Crippen LogP contribution in [0.1, 0.15) is 17.4 Å². The van der Waals surface area contributed by atoms with Gasteiger partial charge < -0.3 is 14.9 Å². The molecular weight excluding hydrogens is 255 g/mol. The number of rotatable bonds is 4. The summed E-state index contributed by atoms with van der Waals surface area (Å²) in [6.07, 6.45) is 1.10. The molecule has 0 unspecified atom stereocenters. The Kier molecular flexibility index (Phi) is 3.37. The van der Waals surface area contributed by atoms with E-state index in [0.29, 0.717) is 6.61 Å². The minimum Gasteiger partial charge on any atom is -0.504 e. The molecule has 0 radical (unpaired) electrons. The SMILES string of the molecule is CCOc1ccc(-n2cc(O)c(C(=O)O)n2)cc1F. The molecule has 1 aromatic carbocycles. The van der Waals surface area contributed by atoms with E-state index in [2.05, 4.69) is 5.10 Å². The first-order chi connectivity index (χ1) is 9.02. The molecule has 0 aliphatic heterocycles. The van der Waals surface area contributed by atoms with Gasteiger partial charge in [0.25, 0.3) is 0 Å². The van der Waals surface area contributed by atoms with Crippen LogP contribution < -0.4 is 4.74 Å². The van der Waals surface area contributed by atoms with E-state index in [1.165, 1.54) is 12.1 Å². The topological polar surface area (TPSA) is 84.6 Å². The molecule has 19 heavy (non-hydrogen) atoms. The highest BCUT2D eigenvalue weighted by Gasteiger charge is 2.16. The van der Waals surface area contributed by atoms with Gasteiger partial charge in [-0.25, -0.2) is 13.9 Å². The number of carbonyl (C=O) groups is 1. The Bertz CT molecular complexity index is 624. The Morgan fingerprint density at radius 1 is 1.53 bits per heavy atom. The van der Waals surface area contributed by atoms with Crippen LogP contribution in [0.3, 0.4) is 0 Å². The minimum atomic E-state index is -1.36. The van der Waals surface area contributed by atoms with E-state index in [-0.39, 0.29) is 11.4 Å². The van der Waals surface area contributed by atoms with E-state index in [1.54, 1.807) is 6.92 Å². The molecule has 2 N–H and O–H groups in total. The molecule has 0 fully saturated rings.